The van der Waals surface area contributed by atoms with Crippen LogP contribution in [-0.4, -0.2) is 28.2 Å². The highest BCUT2D eigenvalue weighted by atomic mass is 16.5. The third kappa shape index (κ3) is 2.41. The van der Waals surface area contributed by atoms with Gasteiger partial charge in [-0.15, -0.1) is 0 Å². The minimum Gasteiger partial charge on any atom is -0.493 e. The highest BCUT2D eigenvalue weighted by Gasteiger charge is 2.36. The molecule has 1 aliphatic carbocycles. The van der Waals surface area contributed by atoms with Gasteiger partial charge < -0.3 is 10.5 Å². The lowest BCUT2D eigenvalue weighted by atomic mass is 9.74. The second kappa shape index (κ2) is 5.10. The van der Waals surface area contributed by atoms with E-state index in [2.05, 4.69) is 12.0 Å². The van der Waals surface area contributed by atoms with Crippen molar-refractivity contribution in [1.29, 1.82) is 0 Å². The van der Waals surface area contributed by atoms with Gasteiger partial charge in [0.05, 0.1) is 13.3 Å². The molecule has 1 aromatic heterocycles. The van der Waals surface area contributed by atoms with Crippen LogP contribution in [0.4, 0.5) is 0 Å². The van der Waals surface area contributed by atoms with Gasteiger partial charge in [-0.25, -0.2) is 0 Å². The number of aryl methyl sites for hydroxylation is 1. The number of nitrogens with two attached hydrogens (primary N) is 1. The van der Waals surface area contributed by atoms with Crippen molar-refractivity contribution in [3.8, 4) is 5.75 Å². The van der Waals surface area contributed by atoms with Crippen molar-refractivity contribution in [1.82, 2.24) is 9.78 Å². The molecular weight excluding hydrogens is 230 g/mol. The summed E-state index contributed by atoms with van der Waals surface area (Å²) in [4.78, 5) is 12.4. The van der Waals surface area contributed by atoms with Crippen molar-refractivity contribution in [2.75, 3.05) is 7.11 Å². The number of hydrogen-bond acceptors (Lipinski definition) is 4. The highest BCUT2D eigenvalue weighted by molar-refractivity contribution is 5.97. The number of methoxy groups -OCH3 is 1. The van der Waals surface area contributed by atoms with E-state index < -0.39 is 0 Å². The molecule has 2 N–H and O–H groups in total. The smallest absolute Gasteiger partial charge is 0.186 e. The Bertz CT molecular complexity index is 435. The zero-order chi connectivity index (χ0) is 13.2. The van der Waals surface area contributed by atoms with Crippen LogP contribution in [-0.2, 0) is 6.54 Å². The summed E-state index contributed by atoms with van der Waals surface area (Å²) >= 11 is 0. The van der Waals surface area contributed by atoms with Crippen LogP contribution < -0.4 is 10.5 Å². The second-order valence-corrected chi connectivity index (χ2v) is 5.10. The van der Waals surface area contributed by atoms with Crippen LogP contribution in [0, 0.1) is 0 Å². The molecule has 0 aromatic carbocycles. The molecule has 0 saturated heterocycles. The molecule has 1 aromatic rings. The fraction of sp³-hybridized carbons (Fsp3) is 0.692. The lowest BCUT2D eigenvalue weighted by Gasteiger charge is -2.37. The van der Waals surface area contributed by atoms with E-state index in [0.717, 1.165) is 32.2 Å². The maximum Gasteiger partial charge on any atom is 0.186 e. The summed E-state index contributed by atoms with van der Waals surface area (Å²) < 4.78 is 6.94. The molecule has 0 radical (unpaired) electrons. The number of ketones is 1. The number of aromatic nitrogens is 2. The average molecular weight is 251 g/mol. The predicted octanol–water partition coefficient (Wildman–Crippen LogP) is 1.76. The first-order valence-corrected chi connectivity index (χ1v) is 6.51. The van der Waals surface area contributed by atoms with Crippen molar-refractivity contribution in [3.05, 3.63) is 11.9 Å². The molecule has 5 nitrogen and oxygen atoms in total. The number of carbonyl (C=O) groups excluding carboxylic acids is 1. The number of rotatable bonds is 6. The fourth-order valence-corrected chi connectivity index (χ4v) is 2.39. The van der Waals surface area contributed by atoms with Crippen LogP contribution in [0.1, 0.15) is 49.5 Å². The Morgan fingerprint density at radius 2 is 2.33 bits per heavy atom. The van der Waals surface area contributed by atoms with E-state index in [4.69, 9.17) is 10.5 Å². The normalized spacial score (nSPS) is 17.3. The SMILES string of the molecule is CCCn1ncc(OC)c1C(=O)CC1(N)CCC1. The fourth-order valence-electron chi connectivity index (χ4n) is 2.39. The van der Waals surface area contributed by atoms with Crippen LogP contribution in [0.25, 0.3) is 0 Å². The van der Waals surface area contributed by atoms with Gasteiger partial charge in [-0.1, -0.05) is 6.92 Å². The Kier molecular flexibility index (Phi) is 3.71. The van der Waals surface area contributed by atoms with Crippen LogP contribution in [0.15, 0.2) is 6.20 Å². The van der Waals surface area contributed by atoms with E-state index in [1.54, 1.807) is 18.0 Å². The van der Waals surface area contributed by atoms with Gasteiger partial charge in [-0.05, 0) is 25.7 Å². The maximum atomic E-state index is 12.4. The Morgan fingerprint density at radius 1 is 1.61 bits per heavy atom. The minimum atomic E-state index is -0.302. The molecule has 0 aliphatic heterocycles. The first-order valence-electron chi connectivity index (χ1n) is 6.51. The summed E-state index contributed by atoms with van der Waals surface area (Å²) in [5.41, 5.74) is 6.40. The summed E-state index contributed by atoms with van der Waals surface area (Å²) in [7, 11) is 1.56. The van der Waals surface area contributed by atoms with E-state index in [0.29, 0.717) is 17.9 Å². The Morgan fingerprint density at radius 3 is 2.83 bits per heavy atom. The number of ether oxygens (including phenoxy) is 1. The first kappa shape index (κ1) is 13.1. The maximum absolute atomic E-state index is 12.4. The molecule has 0 amide bonds. The number of nitrogens with zero attached hydrogens (tertiary/aromatic N) is 2. The van der Waals surface area contributed by atoms with Crippen LogP contribution in [0.3, 0.4) is 0 Å². The number of Topliss-reactive ketones (excluding diaryl/α,β-unsaturated/α-hetero) is 1. The summed E-state index contributed by atoms with van der Waals surface area (Å²) in [6.45, 7) is 2.78. The van der Waals surface area contributed by atoms with Crippen molar-refractivity contribution in [3.63, 3.8) is 0 Å². The molecule has 1 heterocycles. The molecule has 5 heteroatoms. The number of carbonyl (C=O) groups is 1. The molecule has 0 unspecified atom stereocenters. The Labute approximate surface area is 107 Å². The summed E-state index contributed by atoms with van der Waals surface area (Å²) in [5, 5.41) is 4.20. The van der Waals surface area contributed by atoms with Crippen molar-refractivity contribution in [2.45, 2.75) is 51.1 Å². The molecule has 1 aliphatic rings. The van der Waals surface area contributed by atoms with Gasteiger partial charge in [0.1, 0.15) is 5.69 Å². The van der Waals surface area contributed by atoms with Crippen molar-refractivity contribution >= 4 is 5.78 Å². The molecule has 1 saturated carbocycles. The minimum absolute atomic E-state index is 0.0417. The molecule has 2 rings (SSSR count). The lowest BCUT2D eigenvalue weighted by molar-refractivity contribution is 0.0898. The van der Waals surface area contributed by atoms with Gasteiger partial charge in [-0.3, -0.25) is 9.48 Å². The van der Waals surface area contributed by atoms with E-state index in [1.807, 2.05) is 0 Å². The van der Waals surface area contributed by atoms with E-state index in [-0.39, 0.29) is 11.3 Å². The third-order valence-corrected chi connectivity index (χ3v) is 3.59. The summed E-state index contributed by atoms with van der Waals surface area (Å²) in [5.74, 6) is 0.594. The largest absolute Gasteiger partial charge is 0.493 e. The molecule has 18 heavy (non-hydrogen) atoms. The summed E-state index contributed by atoms with van der Waals surface area (Å²) in [6, 6.07) is 0. The predicted molar refractivity (Wildman–Crippen MR) is 68.8 cm³/mol. The van der Waals surface area contributed by atoms with Crippen LogP contribution in [0.5, 0.6) is 5.75 Å². The van der Waals surface area contributed by atoms with Crippen LogP contribution in [0.2, 0.25) is 0 Å². The second-order valence-electron chi connectivity index (χ2n) is 5.10. The summed E-state index contributed by atoms with van der Waals surface area (Å²) in [6.07, 6.45) is 5.91. The zero-order valence-electron chi connectivity index (χ0n) is 11.1. The third-order valence-electron chi connectivity index (χ3n) is 3.59. The van der Waals surface area contributed by atoms with Gasteiger partial charge in [-0.2, -0.15) is 5.10 Å². The molecule has 100 valence electrons. The average Bonchev–Trinajstić information content (AvgIpc) is 2.70. The molecule has 1 fully saturated rings. The van der Waals surface area contributed by atoms with Gasteiger partial charge in [0, 0.05) is 18.5 Å². The lowest BCUT2D eigenvalue weighted by Crippen LogP contribution is -2.48. The highest BCUT2D eigenvalue weighted by Crippen LogP contribution is 2.34. The van der Waals surface area contributed by atoms with Crippen LogP contribution >= 0.6 is 0 Å². The van der Waals surface area contributed by atoms with Crippen molar-refractivity contribution in [2.24, 2.45) is 5.73 Å². The van der Waals surface area contributed by atoms with E-state index in [9.17, 15) is 4.79 Å². The standard InChI is InChI=1S/C13H21N3O2/c1-3-7-16-12(11(18-2)9-15-16)10(17)8-13(14)5-4-6-13/h9H,3-8,14H2,1-2H3. The van der Waals surface area contributed by atoms with Gasteiger partial charge >= 0.3 is 0 Å². The topological polar surface area (TPSA) is 70.1 Å². The van der Waals surface area contributed by atoms with Crippen molar-refractivity contribution < 1.29 is 9.53 Å². The molecule has 0 atom stereocenters. The molecule has 0 spiro atoms. The van der Waals surface area contributed by atoms with E-state index in [1.165, 1.54) is 0 Å². The Hall–Kier alpha value is -1.36. The van der Waals surface area contributed by atoms with Gasteiger partial charge in [0.2, 0.25) is 0 Å². The monoisotopic (exact) mass is 251 g/mol. The number of hydrogen-bond donors (Lipinski definition) is 1. The van der Waals surface area contributed by atoms with Gasteiger partial charge in [0.15, 0.2) is 11.5 Å². The quantitative estimate of drug-likeness (QED) is 0.782. The zero-order valence-corrected chi connectivity index (χ0v) is 11.1. The first-order chi connectivity index (χ1) is 8.59. The molecular formula is C13H21N3O2. The molecule has 0 bridgehead atoms. The Balaban J connectivity index is 2.19. The van der Waals surface area contributed by atoms with Gasteiger partial charge in [0.25, 0.3) is 0 Å². The van der Waals surface area contributed by atoms with E-state index >= 15 is 0 Å².